The monoisotopic (exact) mass is 494 g/mol. The minimum Gasteiger partial charge on any atom is -1.00 e. The van der Waals surface area contributed by atoms with Crippen LogP contribution in [-0.4, -0.2) is 30.8 Å². The van der Waals surface area contributed by atoms with Crippen molar-refractivity contribution in [2.45, 2.75) is 85.2 Å². The van der Waals surface area contributed by atoms with E-state index in [0.29, 0.717) is 5.41 Å². The van der Waals surface area contributed by atoms with Gasteiger partial charge in [-0.05, 0) is 0 Å². The van der Waals surface area contributed by atoms with Crippen molar-refractivity contribution < 1.29 is 17.5 Å². The average Bonchev–Trinajstić information content (AvgIpc) is 2.94. The van der Waals surface area contributed by atoms with Gasteiger partial charge in [0.2, 0.25) is 0 Å². The van der Waals surface area contributed by atoms with Crippen molar-refractivity contribution in [2.24, 2.45) is 16.7 Å². The van der Waals surface area contributed by atoms with Gasteiger partial charge in [0.15, 0.2) is 0 Å². The zero-order valence-corrected chi connectivity index (χ0v) is 19.9. The van der Waals surface area contributed by atoms with E-state index in [2.05, 4.69) is 51.1 Å². The smallest absolute Gasteiger partial charge is 1.00 e. The standard InChI is InChI=1S/C23H37OTe.ClH/c1-4-5-6-10-15-25(17-19-11-8-7-9-12-19)18-23-14-13-20(16-21(23)24)22(23,2)3;/h7-9,11-12,20-21,24H,4-6,10,13-18H2,1-3H3;1H/q+1;/p-1. The second-order valence-corrected chi connectivity index (χ2v) is 15.3. The third-order valence-corrected chi connectivity index (χ3v) is 14.6. The van der Waals surface area contributed by atoms with Crippen LogP contribution < -0.4 is 12.4 Å². The maximum atomic E-state index is 11.0. The minimum absolute atomic E-state index is 0. The summed E-state index contributed by atoms with van der Waals surface area (Å²) < 4.78 is 4.24. The van der Waals surface area contributed by atoms with E-state index < -0.39 is 19.6 Å². The molecule has 1 aromatic rings. The summed E-state index contributed by atoms with van der Waals surface area (Å²) in [5, 5.41) is 11.0. The Kier molecular flexibility index (Phi) is 8.36. The molecule has 0 aliphatic heterocycles. The van der Waals surface area contributed by atoms with Crippen molar-refractivity contribution in [3.8, 4) is 0 Å². The van der Waals surface area contributed by atoms with Crippen molar-refractivity contribution >= 4 is 19.6 Å². The van der Waals surface area contributed by atoms with Gasteiger partial charge in [-0.15, -0.1) is 0 Å². The largest absolute Gasteiger partial charge is 1.00 e. The van der Waals surface area contributed by atoms with Crippen LogP contribution in [0.5, 0.6) is 0 Å². The average molecular weight is 493 g/mol. The molecule has 2 fully saturated rings. The predicted molar refractivity (Wildman–Crippen MR) is 109 cm³/mol. The van der Waals surface area contributed by atoms with Crippen LogP contribution in [0.4, 0.5) is 0 Å². The third-order valence-electron chi connectivity index (χ3n) is 7.35. The topological polar surface area (TPSA) is 20.2 Å². The summed E-state index contributed by atoms with van der Waals surface area (Å²) in [5.74, 6) is 0.763. The molecule has 0 aromatic heterocycles. The minimum atomic E-state index is -1.26. The first-order valence-corrected chi connectivity index (χ1v) is 15.3. The Morgan fingerprint density at radius 2 is 1.85 bits per heavy atom. The second-order valence-electron chi connectivity index (χ2n) is 9.02. The Hall–Kier alpha value is 0.260. The summed E-state index contributed by atoms with van der Waals surface area (Å²) >= 11 is -1.26. The Morgan fingerprint density at radius 1 is 1.12 bits per heavy atom. The van der Waals surface area contributed by atoms with Crippen molar-refractivity contribution in [1.82, 2.24) is 0 Å². The van der Waals surface area contributed by atoms with Gasteiger partial charge in [-0.25, -0.2) is 0 Å². The van der Waals surface area contributed by atoms with Crippen LogP contribution in [0.15, 0.2) is 30.3 Å². The van der Waals surface area contributed by atoms with E-state index in [1.807, 2.05) is 0 Å². The summed E-state index contributed by atoms with van der Waals surface area (Å²) in [7, 11) is 0. The molecule has 0 saturated heterocycles. The van der Waals surface area contributed by atoms with Crippen LogP contribution in [0.1, 0.15) is 71.3 Å². The fraction of sp³-hybridized carbons (Fsp3) is 0.739. The number of halogens is 1. The first kappa shape index (κ1) is 22.5. The Labute approximate surface area is 174 Å². The molecule has 0 amide bonds. The van der Waals surface area contributed by atoms with Gasteiger partial charge in [-0.3, -0.25) is 0 Å². The predicted octanol–water partition coefficient (Wildman–Crippen LogP) is 3.03. The Balaban J connectivity index is 0.00000243. The number of aliphatic hydroxyl groups is 1. The molecule has 3 atom stereocenters. The molecule has 3 unspecified atom stereocenters. The van der Waals surface area contributed by atoms with Crippen molar-refractivity contribution in [1.29, 1.82) is 0 Å². The quantitative estimate of drug-likeness (QED) is 0.415. The van der Waals surface area contributed by atoms with Crippen LogP contribution in [0, 0.1) is 16.7 Å². The first-order valence-electron chi connectivity index (χ1n) is 10.4. The van der Waals surface area contributed by atoms with Gasteiger partial charge in [0, 0.05) is 0 Å². The van der Waals surface area contributed by atoms with Crippen molar-refractivity contribution in [3.05, 3.63) is 35.9 Å². The number of aliphatic hydroxyl groups excluding tert-OH is 1. The third kappa shape index (κ3) is 4.46. The number of rotatable bonds is 9. The van der Waals surface area contributed by atoms with Crippen molar-refractivity contribution in [3.63, 3.8) is 0 Å². The molecule has 1 N–H and O–H groups in total. The molecule has 0 radical (unpaired) electrons. The maximum Gasteiger partial charge on any atom is -1.00 e. The molecule has 26 heavy (non-hydrogen) atoms. The molecule has 2 aliphatic rings. The zero-order valence-electron chi connectivity index (χ0n) is 16.8. The molecule has 0 heterocycles. The molecular formula is C23H37ClOTe. The molecule has 3 rings (SSSR count). The van der Waals surface area contributed by atoms with E-state index >= 15 is 0 Å². The molecule has 1 aromatic carbocycles. The van der Waals surface area contributed by atoms with E-state index in [1.165, 1.54) is 51.9 Å². The summed E-state index contributed by atoms with van der Waals surface area (Å²) in [6.45, 7) is 7.24. The van der Waals surface area contributed by atoms with Crippen LogP contribution in [0.25, 0.3) is 0 Å². The number of fused-ring (bicyclic) bond motifs is 2. The van der Waals surface area contributed by atoms with E-state index in [-0.39, 0.29) is 23.9 Å². The SMILES string of the molecule is CCCCCC[Te+](Cc1ccccc1)CC12CCC(CC1O)C2(C)C.[Cl-]. The second kappa shape index (κ2) is 9.65. The molecule has 148 valence electrons. The molecule has 1 nitrogen and oxygen atoms in total. The van der Waals surface area contributed by atoms with Gasteiger partial charge >= 0.3 is 163 Å². The number of benzene rings is 1. The number of hydrogen-bond donors (Lipinski definition) is 1. The summed E-state index contributed by atoms with van der Waals surface area (Å²) in [6.07, 6.45) is 9.23. The zero-order chi connectivity index (χ0) is 17.9. The number of hydrogen-bond acceptors (Lipinski definition) is 1. The van der Waals surface area contributed by atoms with Crippen LogP contribution in [0.2, 0.25) is 8.94 Å². The molecule has 0 spiro atoms. The van der Waals surface area contributed by atoms with E-state index in [9.17, 15) is 5.11 Å². The fourth-order valence-corrected chi connectivity index (χ4v) is 14.3. The first-order chi connectivity index (χ1) is 12.0. The van der Waals surface area contributed by atoms with Crippen molar-refractivity contribution in [2.75, 3.05) is 0 Å². The Bertz CT molecular complexity index is 546. The van der Waals surface area contributed by atoms with Gasteiger partial charge in [0.1, 0.15) is 0 Å². The van der Waals surface area contributed by atoms with Gasteiger partial charge in [-0.1, -0.05) is 0 Å². The van der Waals surface area contributed by atoms with Crippen LogP contribution in [-0.2, 0) is 4.47 Å². The number of unbranched alkanes of at least 4 members (excludes halogenated alkanes) is 3. The molecule has 2 bridgehead atoms. The molecule has 3 heteroatoms. The van der Waals surface area contributed by atoms with Crippen LogP contribution in [0.3, 0.4) is 0 Å². The maximum absolute atomic E-state index is 11.0. The van der Waals surface area contributed by atoms with E-state index in [4.69, 9.17) is 0 Å². The Morgan fingerprint density at radius 3 is 2.42 bits per heavy atom. The van der Waals surface area contributed by atoms with Crippen LogP contribution >= 0.6 is 0 Å². The normalized spacial score (nSPS) is 29.1. The van der Waals surface area contributed by atoms with Gasteiger partial charge in [0.25, 0.3) is 0 Å². The fourth-order valence-electron chi connectivity index (χ4n) is 5.48. The molecule has 2 aliphatic carbocycles. The van der Waals surface area contributed by atoms with E-state index in [1.54, 1.807) is 5.56 Å². The summed E-state index contributed by atoms with van der Waals surface area (Å²) in [6, 6.07) is 11.2. The van der Waals surface area contributed by atoms with Gasteiger partial charge in [0.05, 0.1) is 0 Å². The van der Waals surface area contributed by atoms with E-state index in [0.717, 1.165) is 12.3 Å². The summed E-state index contributed by atoms with van der Waals surface area (Å²) in [4.78, 5) is 0. The van der Waals surface area contributed by atoms with Gasteiger partial charge < -0.3 is 12.4 Å². The molecular weight excluding hydrogens is 455 g/mol. The van der Waals surface area contributed by atoms with Gasteiger partial charge in [-0.2, -0.15) is 0 Å². The molecule has 2 saturated carbocycles. The summed E-state index contributed by atoms with van der Waals surface area (Å²) in [5.41, 5.74) is 2.14.